The molecule has 0 amide bonds. The lowest BCUT2D eigenvalue weighted by Crippen LogP contribution is -2.17. The molecule has 2 aromatic heterocycles. The minimum Gasteiger partial charge on any atom is -0.382 e. The van der Waals surface area contributed by atoms with E-state index in [1.54, 1.807) is 6.33 Å². The van der Waals surface area contributed by atoms with Gasteiger partial charge in [0.1, 0.15) is 18.1 Å². The van der Waals surface area contributed by atoms with Gasteiger partial charge < -0.3 is 10.5 Å². The van der Waals surface area contributed by atoms with E-state index in [4.69, 9.17) is 10.5 Å². The summed E-state index contributed by atoms with van der Waals surface area (Å²) in [7, 11) is 0. The number of nitrogens with zero attached hydrogens (tertiary/aromatic N) is 4. The maximum atomic E-state index is 5.73. The highest BCUT2D eigenvalue weighted by Crippen LogP contribution is 2.26. The van der Waals surface area contributed by atoms with Gasteiger partial charge in [0.05, 0.1) is 6.33 Å². The molecule has 84 valence electrons. The Morgan fingerprint density at radius 1 is 1.31 bits per heavy atom. The third kappa shape index (κ3) is 1.42. The van der Waals surface area contributed by atoms with E-state index in [0.29, 0.717) is 11.3 Å². The number of nitrogen functional groups attached to an aromatic ring is 1. The average Bonchev–Trinajstić information content (AvgIpc) is 2.75. The number of fused-ring (bicyclic) bond motifs is 1. The van der Waals surface area contributed by atoms with Crippen molar-refractivity contribution in [3.63, 3.8) is 0 Å². The molecule has 3 rings (SSSR count). The van der Waals surface area contributed by atoms with Crippen LogP contribution in [0, 0.1) is 0 Å². The van der Waals surface area contributed by atoms with E-state index in [1.807, 2.05) is 4.57 Å². The van der Waals surface area contributed by atoms with Crippen molar-refractivity contribution in [3.05, 3.63) is 12.7 Å². The molecule has 1 aliphatic heterocycles. The summed E-state index contributed by atoms with van der Waals surface area (Å²) in [5, 5.41) is 0. The van der Waals surface area contributed by atoms with Crippen molar-refractivity contribution >= 4 is 17.0 Å². The Kier molecular flexibility index (Phi) is 2.21. The third-order valence-corrected chi connectivity index (χ3v) is 2.85. The van der Waals surface area contributed by atoms with Crippen LogP contribution in [0.5, 0.6) is 0 Å². The van der Waals surface area contributed by atoms with Crippen molar-refractivity contribution in [2.45, 2.75) is 25.5 Å². The minimum atomic E-state index is 0.0352. The van der Waals surface area contributed by atoms with Gasteiger partial charge >= 0.3 is 0 Å². The first-order chi connectivity index (χ1) is 7.86. The molecule has 0 aliphatic carbocycles. The van der Waals surface area contributed by atoms with Gasteiger partial charge in [-0.3, -0.25) is 4.57 Å². The van der Waals surface area contributed by atoms with Gasteiger partial charge in [0.2, 0.25) is 0 Å². The summed E-state index contributed by atoms with van der Waals surface area (Å²) in [6.07, 6.45) is 6.51. The Labute approximate surface area is 92.5 Å². The predicted octanol–water partition coefficient (Wildman–Crippen LogP) is 1.11. The topological polar surface area (TPSA) is 78.9 Å². The number of imidazole rings is 1. The number of aromatic nitrogens is 4. The maximum absolute atomic E-state index is 5.73. The van der Waals surface area contributed by atoms with Crippen LogP contribution in [0.1, 0.15) is 25.5 Å². The molecule has 0 aromatic carbocycles. The van der Waals surface area contributed by atoms with Gasteiger partial charge in [-0.25, -0.2) is 15.0 Å². The first kappa shape index (κ1) is 9.53. The number of anilines is 1. The van der Waals surface area contributed by atoms with Crippen molar-refractivity contribution in [1.82, 2.24) is 19.5 Å². The highest BCUT2D eigenvalue weighted by Gasteiger charge is 2.19. The molecule has 1 atom stereocenters. The van der Waals surface area contributed by atoms with Gasteiger partial charge in [0.15, 0.2) is 11.5 Å². The van der Waals surface area contributed by atoms with Crippen LogP contribution >= 0.6 is 0 Å². The quantitative estimate of drug-likeness (QED) is 0.728. The van der Waals surface area contributed by atoms with Gasteiger partial charge in [0.25, 0.3) is 0 Å². The second-order valence-electron chi connectivity index (χ2n) is 3.90. The average molecular weight is 220 g/mol. The number of nitrogens with two attached hydrogens (primary N) is 1. The van der Waals surface area contributed by atoms with Crippen LogP contribution in [0.3, 0.4) is 0 Å². The largest absolute Gasteiger partial charge is 0.382 e. The lowest BCUT2D eigenvalue weighted by molar-refractivity contribution is -0.0298. The summed E-state index contributed by atoms with van der Waals surface area (Å²) < 4.78 is 7.63. The zero-order valence-electron chi connectivity index (χ0n) is 8.83. The van der Waals surface area contributed by atoms with Crippen molar-refractivity contribution in [2.75, 3.05) is 12.3 Å². The van der Waals surface area contributed by atoms with Gasteiger partial charge in [-0.2, -0.15) is 0 Å². The van der Waals surface area contributed by atoms with E-state index in [2.05, 4.69) is 15.0 Å². The fourth-order valence-corrected chi connectivity index (χ4v) is 2.02. The summed E-state index contributed by atoms with van der Waals surface area (Å²) in [5.41, 5.74) is 7.13. The molecule has 0 saturated carbocycles. The Morgan fingerprint density at radius 3 is 3.06 bits per heavy atom. The smallest absolute Gasteiger partial charge is 0.167 e. The van der Waals surface area contributed by atoms with E-state index >= 15 is 0 Å². The highest BCUT2D eigenvalue weighted by molar-refractivity contribution is 5.81. The van der Waals surface area contributed by atoms with Gasteiger partial charge in [-0.15, -0.1) is 0 Å². The van der Waals surface area contributed by atoms with Crippen molar-refractivity contribution in [2.24, 2.45) is 0 Å². The molecule has 1 unspecified atom stereocenters. The molecule has 2 N–H and O–H groups in total. The SMILES string of the molecule is [15NH2]c1ncnc2c1ncn2C1CCCCO1. The molecule has 0 spiro atoms. The molecule has 0 radical (unpaired) electrons. The molecule has 3 heterocycles. The molecule has 1 aliphatic rings. The van der Waals surface area contributed by atoms with E-state index < -0.39 is 0 Å². The monoisotopic (exact) mass is 220 g/mol. The van der Waals surface area contributed by atoms with Gasteiger partial charge in [0, 0.05) is 6.61 Å². The lowest BCUT2D eigenvalue weighted by atomic mass is 10.2. The highest BCUT2D eigenvalue weighted by atomic mass is 16.5. The van der Waals surface area contributed by atoms with Crippen LogP contribution in [-0.4, -0.2) is 26.1 Å². The summed E-state index contributed by atoms with van der Waals surface area (Å²) in [5.74, 6) is 0.416. The number of hydrogen-bond acceptors (Lipinski definition) is 5. The van der Waals surface area contributed by atoms with Gasteiger partial charge in [-0.05, 0) is 19.3 Å². The minimum absolute atomic E-state index is 0.0352. The molecule has 16 heavy (non-hydrogen) atoms. The zero-order chi connectivity index (χ0) is 11.0. The van der Waals surface area contributed by atoms with Crippen LogP contribution in [0.25, 0.3) is 11.2 Å². The zero-order valence-corrected chi connectivity index (χ0v) is 8.83. The van der Waals surface area contributed by atoms with Crippen molar-refractivity contribution in [3.8, 4) is 0 Å². The summed E-state index contributed by atoms with van der Waals surface area (Å²) in [6, 6.07) is 0. The fourth-order valence-electron chi connectivity index (χ4n) is 2.02. The Hall–Kier alpha value is -1.69. The number of rotatable bonds is 1. The third-order valence-electron chi connectivity index (χ3n) is 2.85. The molecule has 6 heteroatoms. The van der Waals surface area contributed by atoms with Crippen LogP contribution < -0.4 is 5.73 Å². The summed E-state index contributed by atoms with van der Waals surface area (Å²) >= 11 is 0. The predicted molar refractivity (Wildman–Crippen MR) is 58.6 cm³/mol. The van der Waals surface area contributed by atoms with E-state index in [9.17, 15) is 0 Å². The normalized spacial score (nSPS) is 21.4. The Morgan fingerprint density at radius 2 is 2.25 bits per heavy atom. The molecule has 6 nitrogen and oxygen atoms in total. The standard InChI is InChI=1S/C10H13N5O/c11-9-8-10(13-5-12-9)15(6-14-8)7-3-1-2-4-16-7/h5-7H,1-4H2,(H2,11,12,13)/i11+1. The maximum Gasteiger partial charge on any atom is 0.167 e. The van der Waals surface area contributed by atoms with Crippen molar-refractivity contribution < 1.29 is 4.74 Å². The van der Waals surface area contributed by atoms with E-state index in [-0.39, 0.29) is 6.23 Å². The Balaban J connectivity index is 2.06. The summed E-state index contributed by atoms with van der Waals surface area (Å²) in [6.45, 7) is 0.797. The second-order valence-corrected chi connectivity index (χ2v) is 3.90. The van der Waals surface area contributed by atoms with Gasteiger partial charge in [-0.1, -0.05) is 0 Å². The molecule has 0 bridgehead atoms. The molecular formula is C10H13N5O. The summed E-state index contributed by atoms with van der Waals surface area (Å²) in [4.78, 5) is 12.3. The van der Waals surface area contributed by atoms with E-state index in [1.165, 1.54) is 12.7 Å². The van der Waals surface area contributed by atoms with Crippen molar-refractivity contribution in [1.29, 1.82) is 0 Å². The van der Waals surface area contributed by atoms with Crippen LogP contribution in [-0.2, 0) is 4.74 Å². The van der Waals surface area contributed by atoms with Crippen LogP contribution in [0.15, 0.2) is 12.7 Å². The van der Waals surface area contributed by atoms with Crippen LogP contribution in [0.4, 0.5) is 5.82 Å². The number of ether oxygens (including phenoxy) is 1. The second kappa shape index (κ2) is 3.71. The molecule has 1 fully saturated rings. The molecule has 1 saturated heterocycles. The lowest BCUT2D eigenvalue weighted by Gasteiger charge is -2.23. The van der Waals surface area contributed by atoms with E-state index in [0.717, 1.165) is 25.1 Å². The molecule has 2 aromatic rings. The van der Waals surface area contributed by atoms with Crippen LogP contribution in [0.2, 0.25) is 0 Å². The first-order valence-corrected chi connectivity index (χ1v) is 5.41. The molecular weight excluding hydrogens is 207 g/mol. The fraction of sp³-hybridized carbons (Fsp3) is 0.500. The first-order valence-electron chi connectivity index (χ1n) is 5.41. The Bertz CT molecular complexity index is 503. The number of hydrogen-bond donors (Lipinski definition) is 1.